The summed E-state index contributed by atoms with van der Waals surface area (Å²) in [7, 11) is 0. The fraction of sp³-hybridized carbons (Fsp3) is 0.810. The van der Waals surface area contributed by atoms with Gasteiger partial charge in [0.15, 0.2) is 0 Å². The first-order valence-corrected chi connectivity index (χ1v) is 10.4. The summed E-state index contributed by atoms with van der Waals surface area (Å²) in [6.45, 7) is 7.82. The summed E-state index contributed by atoms with van der Waals surface area (Å²) in [5.74, 6) is 1.87. The van der Waals surface area contributed by atoms with E-state index in [0.717, 1.165) is 18.4 Å². The zero-order valence-electron chi connectivity index (χ0n) is 16.3. The van der Waals surface area contributed by atoms with Crippen LogP contribution in [-0.4, -0.2) is 42.2 Å². The van der Waals surface area contributed by atoms with Crippen molar-refractivity contribution in [2.45, 2.75) is 84.0 Å². The van der Waals surface area contributed by atoms with E-state index in [1.165, 1.54) is 44.9 Å². The lowest BCUT2D eigenvalue weighted by atomic mass is 9.85. The Morgan fingerprint density at radius 3 is 2.80 bits per heavy atom. The summed E-state index contributed by atoms with van der Waals surface area (Å²) in [4.78, 5) is 4.80. The van der Waals surface area contributed by atoms with Crippen LogP contribution in [0.15, 0.2) is 22.2 Å². The standard InChI is InChI=1S/C21H36N4/c1-4-22-21(24-20-13-9-8-10-16(20)2)19-14-23-25(17(19)3)15-18-11-6-5-7-12-18/h4-6,14,16-21,24H,7-13,15H2,1-3H3/b22-4-. The molecule has 6 unspecified atom stereocenters. The van der Waals surface area contributed by atoms with Gasteiger partial charge in [0, 0.05) is 18.8 Å². The Kier molecular flexibility index (Phi) is 6.69. The topological polar surface area (TPSA) is 40.0 Å². The molecule has 0 radical (unpaired) electrons. The van der Waals surface area contributed by atoms with Crippen molar-refractivity contribution in [1.82, 2.24) is 10.3 Å². The predicted molar refractivity (Wildman–Crippen MR) is 107 cm³/mol. The Hall–Kier alpha value is -1.16. The highest BCUT2D eigenvalue weighted by Gasteiger charge is 2.36. The zero-order valence-corrected chi connectivity index (χ0v) is 16.3. The minimum atomic E-state index is 0.158. The Morgan fingerprint density at radius 1 is 1.24 bits per heavy atom. The van der Waals surface area contributed by atoms with E-state index in [1.54, 1.807) is 0 Å². The number of hydrogen-bond acceptors (Lipinski definition) is 4. The number of hydrogen-bond donors (Lipinski definition) is 1. The lowest BCUT2D eigenvalue weighted by Gasteiger charge is -2.35. The largest absolute Gasteiger partial charge is 0.294 e. The third kappa shape index (κ3) is 4.72. The molecule has 1 aliphatic heterocycles. The molecule has 3 rings (SSSR count). The highest BCUT2D eigenvalue weighted by atomic mass is 15.5. The van der Waals surface area contributed by atoms with E-state index in [2.05, 4.69) is 42.5 Å². The van der Waals surface area contributed by atoms with Crippen LogP contribution in [0.4, 0.5) is 0 Å². The first-order valence-electron chi connectivity index (χ1n) is 10.4. The Balaban J connectivity index is 1.59. The molecule has 2 aliphatic carbocycles. The van der Waals surface area contributed by atoms with Gasteiger partial charge in [-0.15, -0.1) is 0 Å². The van der Waals surface area contributed by atoms with E-state index in [0.29, 0.717) is 18.0 Å². The highest BCUT2D eigenvalue weighted by molar-refractivity contribution is 5.65. The van der Waals surface area contributed by atoms with E-state index < -0.39 is 0 Å². The second-order valence-corrected chi connectivity index (χ2v) is 8.24. The van der Waals surface area contributed by atoms with Gasteiger partial charge in [-0.2, -0.15) is 5.10 Å². The SMILES string of the molecule is C/C=N\C(NC1CCCCC1C)C1C=NN(CC2CC=CCC2)C1C. The molecule has 140 valence electrons. The van der Waals surface area contributed by atoms with Gasteiger partial charge in [0.2, 0.25) is 0 Å². The number of aliphatic imine (C=N–C) groups is 1. The number of nitrogens with one attached hydrogen (secondary N) is 1. The maximum atomic E-state index is 4.80. The van der Waals surface area contributed by atoms with Crippen LogP contribution in [0.5, 0.6) is 0 Å². The molecule has 3 aliphatic rings. The lowest BCUT2D eigenvalue weighted by molar-refractivity contribution is 0.155. The summed E-state index contributed by atoms with van der Waals surface area (Å²) in [6, 6.07) is 1.02. The second-order valence-electron chi connectivity index (χ2n) is 8.24. The van der Waals surface area contributed by atoms with Crippen LogP contribution in [0.2, 0.25) is 0 Å². The van der Waals surface area contributed by atoms with Gasteiger partial charge in [0.25, 0.3) is 0 Å². The molecule has 4 heteroatoms. The van der Waals surface area contributed by atoms with E-state index in [9.17, 15) is 0 Å². The van der Waals surface area contributed by atoms with Gasteiger partial charge in [-0.1, -0.05) is 31.9 Å². The van der Waals surface area contributed by atoms with Crippen LogP contribution in [0.3, 0.4) is 0 Å². The first-order chi connectivity index (χ1) is 12.2. The Labute approximate surface area is 153 Å². The van der Waals surface area contributed by atoms with Gasteiger partial charge in [-0.25, -0.2) is 0 Å². The quantitative estimate of drug-likeness (QED) is 0.578. The van der Waals surface area contributed by atoms with Crippen molar-refractivity contribution in [3.8, 4) is 0 Å². The molecule has 1 N–H and O–H groups in total. The van der Waals surface area contributed by atoms with Crippen LogP contribution in [0.1, 0.15) is 65.7 Å². The fourth-order valence-corrected chi connectivity index (χ4v) is 4.63. The molecule has 1 saturated carbocycles. The van der Waals surface area contributed by atoms with Crippen molar-refractivity contribution < 1.29 is 0 Å². The van der Waals surface area contributed by atoms with Crippen LogP contribution < -0.4 is 5.32 Å². The van der Waals surface area contributed by atoms with Crippen LogP contribution >= 0.6 is 0 Å². The van der Waals surface area contributed by atoms with Crippen LogP contribution in [-0.2, 0) is 0 Å². The monoisotopic (exact) mass is 344 g/mol. The molecule has 0 amide bonds. The van der Waals surface area contributed by atoms with Crippen molar-refractivity contribution in [2.24, 2.45) is 27.8 Å². The average molecular weight is 345 g/mol. The fourth-order valence-electron chi connectivity index (χ4n) is 4.63. The van der Waals surface area contributed by atoms with Crippen LogP contribution in [0.25, 0.3) is 0 Å². The maximum Gasteiger partial charge on any atom is 0.109 e. The van der Waals surface area contributed by atoms with Gasteiger partial charge in [-0.3, -0.25) is 15.3 Å². The summed E-state index contributed by atoms with van der Waals surface area (Å²) < 4.78 is 0. The van der Waals surface area contributed by atoms with Gasteiger partial charge < -0.3 is 0 Å². The van der Waals surface area contributed by atoms with Gasteiger partial charge in [0.1, 0.15) is 6.17 Å². The van der Waals surface area contributed by atoms with Crippen molar-refractivity contribution in [3.63, 3.8) is 0 Å². The van der Waals surface area contributed by atoms with Gasteiger partial charge in [0.05, 0.1) is 12.0 Å². The van der Waals surface area contributed by atoms with Crippen LogP contribution in [0, 0.1) is 17.8 Å². The third-order valence-electron chi connectivity index (χ3n) is 6.41. The van der Waals surface area contributed by atoms with E-state index in [4.69, 9.17) is 10.1 Å². The summed E-state index contributed by atoms with van der Waals surface area (Å²) in [5.41, 5.74) is 0. The third-order valence-corrected chi connectivity index (χ3v) is 6.41. The molecule has 6 atom stereocenters. The Morgan fingerprint density at radius 2 is 2.08 bits per heavy atom. The van der Waals surface area contributed by atoms with Crippen molar-refractivity contribution in [2.75, 3.05) is 6.54 Å². The normalized spacial score (nSPS) is 37.1. The summed E-state index contributed by atoms with van der Waals surface area (Å²) in [5, 5.41) is 11.0. The maximum absolute atomic E-state index is 4.80. The minimum Gasteiger partial charge on any atom is -0.294 e. The molecular formula is C21H36N4. The molecule has 0 aromatic heterocycles. The molecule has 0 bridgehead atoms. The van der Waals surface area contributed by atoms with E-state index in [-0.39, 0.29) is 6.17 Å². The molecule has 25 heavy (non-hydrogen) atoms. The van der Waals surface area contributed by atoms with Gasteiger partial charge in [-0.05, 0) is 64.0 Å². The molecule has 0 saturated heterocycles. The average Bonchev–Trinajstić information content (AvgIpc) is 2.98. The molecule has 0 aromatic carbocycles. The zero-order chi connectivity index (χ0) is 17.6. The molecule has 1 fully saturated rings. The van der Waals surface area contributed by atoms with Crippen molar-refractivity contribution >= 4 is 12.4 Å². The molecule has 1 heterocycles. The van der Waals surface area contributed by atoms with Gasteiger partial charge >= 0.3 is 0 Å². The molecule has 4 nitrogen and oxygen atoms in total. The van der Waals surface area contributed by atoms with Crippen molar-refractivity contribution in [3.05, 3.63) is 12.2 Å². The summed E-state index contributed by atoms with van der Waals surface area (Å²) in [6.07, 6.45) is 18.0. The van der Waals surface area contributed by atoms with Crippen molar-refractivity contribution in [1.29, 1.82) is 0 Å². The lowest BCUT2D eigenvalue weighted by Crippen LogP contribution is -2.49. The first kappa shape index (κ1) is 18.6. The van der Waals surface area contributed by atoms with E-state index in [1.807, 2.05) is 13.1 Å². The number of hydrazone groups is 1. The number of rotatable bonds is 6. The molecule has 0 aromatic rings. The highest BCUT2D eigenvalue weighted by Crippen LogP contribution is 2.29. The predicted octanol–water partition coefficient (Wildman–Crippen LogP) is 4.23. The van der Waals surface area contributed by atoms with E-state index >= 15 is 0 Å². The number of allylic oxidation sites excluding steroid dienone is 2. The minimum absolute atomic E-state index is 0.158. The Bertz CT molecular complexity index is 498. The molecule has 0 spiro atoms. The number of nitrogens with zero attached hydrogens (tertiary/aromatic N) is 3. The summed E-state index contributed by atoms with van der Waals surface area (Å²) >= 11 is 0. The second kappa shape index (κ2) is 8.98. The smallest absolute Gasteiger partial charge is 0.109 e. The molecular weight excluding hydrogens is 308 g/mol.